The number of nitrogens with one attached hydrogen (secondary N) is 1. The van der Waals surface area contributed by atoms with Gasteiger partial charge in [0.15, 0.2) is 0 Å². The standard InChI is InChI=1S/C40H33N3O8/c1-21-11-13-23(14-12-21)41-43-36(47)30-20-29-25(34(26-9-5-6-10-31(26)44)40(30,39(43)51)22-7-3-2-4-8-22)17-18-28-33(29)37(48)42(35(28)46)24-15-16-27(38(49)50)32(45)19-24/h2-17,19,28-30,33-34,41,44-45H,18,20H2,1H3,(H,49,50)/t28-,29+,30-,33-,34+,40+/m0/s1. The topological polar surface area (TPSA) is 165 Å². The Morgan fingerprint density at radius 1 is 0.804 bits per heavy atom. The molecule has 0 unspecified atom stereocenters. The Balaban J connectivity index is 1.29. The molecule has 8 rings (SSSR count). The maximum atomic E-state index is 15.1. The number of aromatic carboxylic acids is 1. The van der Waals surface area contributed by atoms with Gasteiger partial charge in [0.1, 0.15) is 17.1 Å². The summed E-state index contributed by atoms with van der Waals surface area (Å²) in [6, 6.07) is 26.5. The van der Waals surface area contributed by atoms with E-state index in [1.165, 1.54) is 12.1 Å². The summed E-state index contributed by atoms with van der Waals surface area (Å²) in [5, 5.41) is 32.3. The zero-order valence-electron chi connectivity index (χ0n) is 27.4. The summed E-state index contributed by atoms with van der Waals surface area (Å²) in [5.74, 6) is -8.31. The van der Waals surface area contributed by atoms with Gasteiger partial charge in [-0.05, 0) is 61.6 Å². The van der Waals surface area contributed by atoms with Crippen LogP contribution in [0.25, 0.3) is 0 Å². The van der Waals surface area contributed by atoms with Crippen LogP contribution in [0.15, 0.2) is 109 Å². The number of aromatic hydroxyl groups is 2. The first-order valence-corrected chi connectivity index (χ1v) is 16.7. The number of imide groups is 2. The van der Waals surface area contributed by atoms with Gasteiger partial charge >= 0.3 is 5.97 Å². The average Bonchev–Trinajstić information content (AvgIpc) is 3.50. The number of carbonyl (C=O) groups excluding carboxylic acids is 4. The number of rotatable bonds is 6. The molecule has 11 heteroatoms. The predicted molar refractivity (Wildman–Crippen MR) is 184 cm³/mol. The van der Waals surface area contributed by atoms with Crippen molar-refractivity contribution in [2.45, 2.75) is 31.1 Å². The lowest BCUT2D eigenvalue weighted by atomic mass is 9.49. The summed E-state index contributed by atoms with van der Waals surface area (Å²) in [6.07, 6.45) is 2.11. The van der Waals surface area contributed by atoms with E-state index in [4.69, 9.17) is 0 Å². The second-order valence-corrected chi connectivity index (χ2v) is 13.7. The van der Waals surface area contributed by atoms with Gasteiger partial charge in [0.2, 0.25) is 11.8 Å². The van der Waals surface area contributed by atoms with Crippen molar-refractivity contribution in [1.29, 1.82) is 0 Å². The normalized spacial score (nSPS) is 26.8. The van der Waals surface area contributed by atoms with Gasteiger partial charge in [0.25, 0.3) is 11.8 Å². The number of hydrazine groups is 1. The molecule has 2 heterocycles. The highest BCUT2D eigenvalue weighted by Crippen LogP contribution is 2.65. The summed E-state index contributed by atoms with van der Waals surface area (Å²) in [6.45, 7) is 1.93. The molecule has 4 N–H and O–H groups in total. The quantitative estimate of drug-likeness (QED) is 0.156. The highest BCUT2D eigenvalue weighted by molar-refractivity contribution is 6.23. The summed E-state index contributed by atoms with van der Waals surface area (Å²) >= 11 is 0. The van der Waals surface area contributed by atoms with Crippen LogP contribution in [0.4, 0.5) is 11.4 Å². The number of carboxylic acid groups (broad SMARTS) is 1. The van der Waals surface area contributed by atoms with Crippen molar-refractivity contribution in [2.75, 3.05) is 10.3 Å². The number of allylic oxidation sites excluding steroid dienone is 2. The third-order valence-corrected chi connectivity index (χ3v) is 11.1. The minimum atomic E-state index is -1.52. The van der Waals surface area contributed by atoms with Crippen LogP contribution in [0.1, 0.15) is 45.8 Å². The Hall–Kier alpha value is -6.23. The largest absolute Gasteiger partial charge is 0.508 e. The lowest BCUT2D eigenvalue weighted by Gasteiger charge is -2.50. The third-order valence-electron chi connectivity index (χ3n) is 11.1. The van der Waals surface area contributed by atoms with E-state index in [-0.39, 0.29) is 29.8 Å². The molecule has 0 aromatic heterocycles. The van der Waals surface area contributed by atoms with Gasteiger partial charge in [-0.3, -0.25) is 24.6 Å². The Kier molecular flexibility index (Phi) is 7.33. The number of aryl methyl sites for hydroxylation is 1. The third kappa shape index (κ3) is 4.61. The Bertz CT molecular complexity index is 2180. The molecule has 2 aliphatic carbocycles. The zero-order valence-corrected chi connectivity index (χ0v) is 27.4. The zero-order chi connectivity index (χ0) is 35.8. The highest BCUT2D eigenvalue weighted by atomic mass is 16.4. The molecule has 4 aromatic carbocycles. The first-order chi connectivity index (χ1) is 24.5. The van der Waals surface area contributed by atoms with E-state index in [9.17, 15) is 34.5 Å². The number of anilines is 2. The molecule has 256 valence electrons. The Labute approximate surface area is 292 Å². The van der Waals surface area contributed by atoms with E-state index in [0.29, 0.717) is 22.4 Å². The lowest BCUT2D eigenvalue weighted by molar-refractivity contribution is -0.138. The number of phenols is 2. The summed E-state index contributed by atoms with van der Waals surface area (Å²) in [5.41, 5.74) is 4.41. The Morgan fingerprint density at radius 2 is 1.51 bits per heavy atom. The van der Waals surface area contributed by atoms with E-state index >= 15 is 4.79 Å². The van der Waals surface area contributed by atoms with Crippen molar-refractivity contribution in [3.05, 3.63) is 131 Å². The first-order valence-electron chi connectivity index (χ1n) is 16.7. The van der Waals surface area contributed by atoms with Gasteiger partial charge in [-0.1, -0.05) is 77.9 Å². The molecule has 4 aromatic rings. The minimum Gasteiger partial charge on any atom is -0.508 e. The fraction of sp³-hybridized carbons (Fsp3) is 0.225. The van der Waals surface area contributed by atoms with E-state index in [1.54, 1.807) is 42.5 Å². The molecule has 6 atom stereocenters. The van der Waals surface area contributed by atoms with Crippen molar-refractivity contribution < 1.29 is 39.3 Å². The van der Waals surface area contributed by atoms with Crippen molar-refractivity contribution in [2.24, 2.45) is 23.7 Å². The minimum absolute atomic E-state index is 0.0377. The molecule has 4 aliphatic rings. The molecule has 2 saturated heterocycles. The smallest absolute Gasteiger partial charge is 0.339 e. The monoisotopic (exact) mass is 683 g/mol. The van der Waals surface area contributed by atoms with Gasteiger partial charge in [-0.25, -0.2) is 9.69 Å². The van der Waals surface area contributed by atoms with Gasteiger partial charge in [0.05, 0.1) is 34.5 Å². The van der Waals surface area contributed by atoms with Crippen LogP contribution in [-0.2, 0) is 24.6 Å². The van der Waals surface area contributed by atoms with Crippen molar-refractivity contribution in [3.8, 4) is 11.5 Å². The van der Waals surface area contributed by atoms with E-state index in [2.05, 4.69) is 5.43 Å². The van der Waals surface area contributed by atoms with Gasteiger partial charge in [0, 0.05) is 17.5 Å². The fourth-order valence-electron chi connectivity index (χ4n) is 8.92. The van der Waals surface area contributed by atoms with Crippen molar-refractivity contribution >= 4 is 41.0 Å². The van der Waals surface area contributed by atoms with Crippen molar-refractivity contribution in [1.82, 2.24) is 5.01 Å². The molecule has 0 radical (unpaired) electrons. The SMILES string of the molecule is Cc1ccc(NN2C(=O)[C@@H]3C[C@@H]4C(=CC[C@@H]5C(=O)N(c6ccc(C(=O)O)c(O)c6)C(=O)[C@@H]54)[C@H](c4ccccc4O)[C@]3(c3ccccc3)C2=O)cc1. The molecule has 4 amide bonds. The average molecular weight is 684 g/mol. The van der Waals surface area contributed by atoms with Crippen LogP contribution in [0.3, 0.4) is 0 Å². The summed E-state index contributed by atoms with van der Waals surface area (Å²) < 4.78 is 0. The van der Waals surface area contributed by atoms with E-state index in [1.807, 2.05) is 43.3 Å². The highest BCUT2D eigenvalue weighted by Gasteiger charge is 2.70. The second kappa shape index (κ2) is 11.7. The molecule has 51 heavy (non-hydrogen) atoms. The second-order valence-electron chi connectivity index (χ2n) is 13.7. The number of benzene rings is 4. The van der Waals surface area contributed by atoms with E-state index < -0.39 is 70.4 Å². The number of hydrogen-bond acceptors (Lipinski definition) is 8. The molecule has 11 nitrogen and oxygen atoms in total. The van der Waals surface area contributed by atoms with Gasteiger partial charge in [-0.15, -0.1) is 0 Å². The van der Waals surface area contributed by atoms with E-state index in [0.717, 1.165) is 27.6 Å². The number of hydrogen-bond donors (Lipinski definition) is 4. The number of amides is 4. The molecule has 1 saturated carbocycles. The van der Waals surface area contributed by atoms with Gasteiger partial charge < -0.3 is 15.3 Å². The van der Waals surface area contributed by atoms with Crippen LogP contribution in [0.2, 0.25) is 0 Å². The first kappa shape index (κ1) is 32.0. The van der Waals surface area contributed by atoms with Crippen LogP contribution in [0.5, 0.6) is 11.5 Å². The molecule has 0 bridgehead atoms. The number of para-hydroxylation sites is 1. The lowest BCUT2D eigenvalue weighted by Crippen LogP contribution is -2.53. The fourth-order valence-corrected chi connectivity index (χ4v) is 8.92. The molecule has 2 aliphatic heterocycles. The number of fused-ring (bicyclic) bond motifs is 4. The maximum absolute atomic E-state index is 15.1. The molecular formula is C40H33N3O8. The number of phenolic OH excluding ortho intramolecular Hbond substituents is 1. The van der Waals surface area contributed by atoms with Crippen LogP contribution in [0, 0.1) is 30.6 Å². The van der Waals surface area contributed by atoms with Crippen LogP contribution >= 0.6 is 0 Å². The predicted octanol–water partition coefficient (Wildman–Crippen LogP) is 5.29. The molecule has 3 fully saturated rings. The van der Waals surface area contributed by atoms with Crippen molar-refractivity contribution in [3.63, 3.8) is 0 Å². The molecule has 0 spiro atoms. The number of carboxylic acids is 1. The van der Waals surface area contributed by atoms with Crippen LogP contribution in [-0.4, -0.2) is 49.9 Å². The summed E-state index contributed by atoms with van der Waals surface area (Å²) in [4.78, 5) is 70.8. The maximum Gasteiger partial charge on any atom is 0.339 e. The molecular weight excluding hydrogens is 650 g/mol. The summed E-state index contributed by atoms with van der Waals surface area (Å²) in [7, 11) is 0. The van der Waals surface area contributed by atoms with Gasteiger partial charge in [-0.2, -0.15) is 5.01 Å². The number of carbonyl (C=O) groups is 5. The Morgan fingerprint density at radius 3 is 2.20 bits per heavy atom. The number of nitrogens with zero attached hydrogens (tertiary/aromatic N) is 2. The van der Waals surface area contributed by atoms with Crippen LogP contribution < -0.4 is 10.3 Å².